The van der Waals surface area contributed by atoms with E-state index >= 15 is 0 Å². The van der Waals surface area contributed by atoms with Crippen LogP contribution in [0.2, 0.25) is 0 Å². The molecule has 1 aromatic carbocycles. The number of rotatable bonds is 1. The van der Waals surface area contributed by atoms with Crippen molar-refractivity contribution in [3.05, 3.63) is 65.6 Å². The fourth-order valence-corrected chi connectivity index (χ4v) is 1.72. The number of nitrogens with zero attached hydrogens (tertiary/aromatic N) is 1. The van der Waals surface area contributed by atoms with E-state index < -0.39 is 0 Å². The molecular formula is C14H13FNY-. The molecule has 1 aliphatic heterocycles. The van der Waals surface area contributed by atoms with Crippen LogP contribution in [0.1, 0.15) is 11.1 Å². The predicted octanol–water partition coefficient (Wildman–Crippen LogP) is 3.29. The Hall–Kier alpha value is -0.726. The van der Waals surface area contributed by atoms with Crippen molar-refractivity contribution in [1.29, 1.82) is 0 Å². The first-order valence-electron chi connectivity index (χ1n) is 5.09. The van der Waals surface area contributed by atoms with E-state index in [2.05, 4.69) is 12.7 Å². The van der Waals surface area contributed by atoms with Gasteiger partial charge < -0.3 is 4.90 Å². The van der Waals surface area contributed by atoms with Crippen LogP contribution in [-0.2, 0) is 32.7 Å². The van der Waals surface area contributed by atoms with E-state index in [-0.39, 0.29) is 38.5 Å². The fourth-order valence-electron chi connectivity index (χ4n) is 1.72. The minimum atomic E-state index is -0.213. The van der Waals surface area contributed by atoms with Crippen LogP contribution in [0.5, 0.6) is 0 Å². The second-order valence-electron chi connectivity index (χ2n) is 3.84. The first-order chi connectivity index (χ1) is 7.59. The molecule has 85 valence electrons. The van der Waals surface area contributed by atoms with E-state index in [1.807, 2.05) is 31.0 Å². The largest absolute Gasteiger partial charge is 0.379 e. The van der Waals surface area contributed by atoms with Gasteiger partial charge >= 0.3 is 0 Å². The van der Waals surface area contributed by atoms with Gasteiger partial charge in [-0.05, 0) is 17.8 Å². The maximum absolute atomic E-state index is 13.0. The molecule has 0 spiro atoms. The molecular weight excluding hydrogens is 290 g/mol. The standard InChI is InChI=1S/C14H13FN.Y/c1-10-9-12(15)7-8-13(10)14-6-4-5-11(2)16(14)3;/h4-5,7-9H,2H2,1,3H3;/q-1;. The maximum Gasteiger partial charge on any atom is 0.121 e. The fraction of sp³-hybridized carbons (Fsp3) is 0.143. The molecule has 17 heavy (non-hydrogen) atoms. The molecule has 0 aliphatic carbocycles. The number of hydrogen-bond acceptors (Lipinski definition) is 1. The van der Waals surface area contributed by atoms with Crippen LogP contribution >= 0.6 is 0 Å². The Kier molecular flexibility index (Phi) is 4.84. The quantitative estimate of drug-likeness (QED) is 0.720. The van der Waals surface area contributed by atoms with Crippen LogP contribution in [0, 0.1) is 18.8 Å². The van der Waals surface area contributed by atoms with Crippen LogP contribution in [0.25, 0.3) is 5.70 Å². The van der Waals surface area contributed by atoms with Gasteiger partial charge in [0, 0.05) is 39.8 Å². The molecule has 1 aliphatic rings. The summed E-state index contributed by atoms with van der Waals surface area (Å²) >= 11 is 0. The van der Waals surface area contributed by atoms with Crippen molar-refractivity contribution in [3.8, 4) is 0 Å². The Bertz CT molecular complexity index is 503. The van der Waals surface area contributed by atoms with Crippen LogP contribution in [0.3, 0.4) is 0 Å². The van der Waals surface area contributed by atoms with Crippen molar-refractivity contribution in [3.63, 3.8) is 0 Å². The minimum Gasteiger partial charge on any atom is -0.379 e. The van der Waals surface area contributed by atoms with Crippen molar-refractivity contribution in [2.45, 2.75) is 6.92 Å². The molecule has 0 N–H and O–H groups in total. The third-order valence-electron chi connectivity index (χ3n) is 2.71. The van der Waals surface area contributed by atoms with E-state index in [9.17, 15) is 4.39 Å². The van der Waals surface area contributed by atoms with Gasteiger partial charge in [-0.3, -0.25) is 0 Å². The molecule has 0 saturated carbocycles. The Morgan fingerprint density at radius 2 is 2.06 bits per heavy atom. The Balaban J connectivity index is 0.00000144. The zero-order chi connectivity index (χ0) is 11.7. The van der Waals surface area contributed by atoms with E-state index in [0.717, 1.165) is 22.5 Å². The van der Waals surface area contributed by atoms with Crippen molar-refractivity contribution >= 4 is 5.70 Å². The second-order valence-corrected chi connectivity index (χ2v) is 3.84. The van der Waals surface area contributed by atoms with Crippen molar-refractivity contribution in [2.24, 2.45) is 0 Å². The number of halogens is 1. The maximum atomic E-state index is 13.0. The molecule has 1 heterocycles. The van der Waals surface area contributed by atoms with Gasteiger partial charge in [-0.1, -0.05) is 30.3 Å². The summed E-state index contributed by atoms with van der Waals surface area (Å²) in [4.78, 5) is 1.94. The third-order valence-corrected chi connectivity index (χ3v) is 2.71. The number of benzene rings is 1. The monoisotopic (exact) mass is 303 g/mol. The molecule has 0 aromatic heterocycles. The summed E-state index contributed by atoms with van der Waals surface area (Å²) in [5.41, 5.74) is 3.70. The van der Waals surface area contributed by atoms with Gasteiger partial charge in [-0.25, -0.2) is 4.39 Å². The smallest absolute Gasteiger partial charge is 0.121 e. The third kappa shape index (κ3) is 2.94. The summed E-state index contributed by atoms with van der Waals surface area (Å²) < 4.78 is 13.0. The van der Waals surface area contributed by atoms with Crippen molar-refractivity contribution < 1.29 is 37.1 Å². The molecule has 0 bridgehead atoms. The van der Waals surface area contributed by atoms with E-state index in [4.69, 9.17) is 0 Å². The van der Waals surface area contributed by atoms with Gasteiger partial charge in [0.2, 0.25) is 0 Å². The number of allylic oxidation sites excluding steroid dienone is 3. The van der Waals surface area contributed by atoms with Crippen LogP contribution < -0.4 is 0 Å². The summed E-state index contributed by atoms with van der Waals surface area (Å²) in [5, 5.41) is 0. The molecule has 1 radical (unpaired) electrons. The van der Waals surface area contributed by atoms with Crippen molar-refractivity contribution in [1.82, 2.24) is 4.90 Å². The SMILES string of the molecule is C=C1C=C[C-]=C(c2ccc(F)cc2C)N1C.[Y]. The molecule has 2 rings (SSSR count). The number of aryl methyl sites for hydroxylation is 1. The van der Waals surface area contributed by atoms with Gasteiger partial charge in [0.15, 0.2) is 0 Å². The summed E-state index contributed by atoms with van der Waals surface area (Å²) in [7, 11) is 1.93. The molecule has 0 unspecified atom stereocenters. The molecule has 3 heteroatoms. The Morgan fingerprint density at radius 3 is 2.71 bits per heavy atom. The normalized spacial score (nSPS) is 14.4. The van der Waals surface area contributed by atoms with Gasteiger partial charge in [0.1, 0.15) is 5.82 Å². The minimum absolute atomic E-state index is 0. The average Bonchev–Trinajstić information content (AvgIpc) is 2.23. The summed E-state index contributed by atoms with van der Waals surface area (Å²) in [6.45, 7) is 5.81. The Morgan fingerprint density at radius 1 is 1.35 bits per heavy atom. The van der Waals surface area contributed by atoms with Gasteiger partial charge in [0.25, 0.3) is 0 Å². The first kappa shape index (κ1) is 14.3. The van der Waals surface area contributed by atoms with Crippen molar-refractivity contribution in [2.75, 3.05) is 7.05 Å². The van der Waals surface area contributed by atoms with Gasteiger partial charge in [0.05, 0.1) is 0 Å². The Labute approximate surface area is 127 Å². The van der Waals surface area contributed by atoms with E-state index in [1.165, 1.54) is 12.1 Å². The second kappa shape index (κ2) is 5.75. The molecule has 1 nitrogen and oxygen atoms in total. The molecule has 1 aromatic rings. The first-order valence-corrected chi connectivity index (χ1v) is 5.09. The van der Waals surface area contributed by atoms with Gasteiger partial charge in [-0.2, -0.15) is 12.2 Å². The summed E-state index contributed by atoms with van der Waals surface area (Å²) in [5.74, 6) is -0.213. The van der Waals surface area contributed by atoms with E-state index in [0.29, 0.717) is 0 Å². The zero-order valence-corrected chi connectivity index (χ0v) is 12.8. The number of hydrogen-bond donors (Lipinski definition) is 0. The summed E-state index contributed by atoms with van der Waals surface area (Å²) in [6.07, 6.45) is 6.88. The zero-order valence-electron chi connectivity index (χ0n) is 10.00. The number of likely N-dealkylation sites (N-methyl/N-ethyl adjacent to an activating group) is 1. The van der Waals surface area contributed by atoms with Crippen LogP contribution in [-0.4, -0.2) is 11.9 Å². The topological polar surface area (TPSA) is 3.24 Å². The van der Waals surface area contributed by atoms with Crippen LogP contribution in [0.4, 0.5) is 4.39 Å². The average molecular weight is 303 g/mol. The molecule has 0 saturated heterocycles. The molecule has 0 amide bonds. The summed E-state index contributed by atoms with van der Waals surface area (Å²) in [6, 6.07) is 4.76. The predicted molar refractivity (Wildman–Crippen MR) is 63.8 cm³/mol. The van der Waals surface area contributed by atoms with Gasteiger partial charge in [-0.15, -0.1) is 12.1 Å². The molecule has 0 atom stereocenters. The molecule has 0 fully saturated rings. The van der Waals surface area contributed by atoms with E-state index in [1.54, 1.807) is 6.07 Å². The van der Waals surface area contributed by atoms with Crippen LogP contribution in [0.15, 0.2) is 42.6 Å².